The maximum absolute atomic E-state index is 11.7. The standard InChI is InChI=1S/C12H17N3O/c1-9-3-4-10(14-8-9)15-11(16)7-12(13)5-2-6-12/h3-4,8H,2,5-7,13H2,1H3,(H,14,15,16). The van der Waals surface area contributed by atoms with Crippen molar-refractivity contribution >= 4 is 11.7 Å². The molecule has 0 bridgehead atoms. The molecule has 4 nitrogen and oxygen atoms in total. The minimum absolute atomic E-state index is 0.0430. The Bertz CT molecular complexity index is 382. The smallest absolute Gasteiger partial charge is 0.227 e. The van der Waals surface area contributed by atoms with E-state index in [0.717, 1.165) is 24.8 Å². The molecular weight excluding hydrogens is 202 g/mol. The van der Waals surface area contributed by atoms with Gasteiger partial charge in [0.15, 0.2) is 0 Å². The van der Waals surface area contributed by atoms with E-state index in [1.54, 1.807) is 12.3 Å². The zero-order chi connectivity index (χ0) is 11.6. The number of carbonyl (C=O) groups excluding carboxylic acids is 1. The summed E-state index contributed by atoms with van der Waals surface area (Å²) in [5.74, 6) is 0.553. The van der Waals surface area contributed by atoms with Crippen molar-refractivity contribution < 1.29 is 4.79 Å². The molecule has 3 N–H and O–H groups in total. The van der Waals surface area contributed by atoms with Crippen LogP contribution in [-0.2, 0) is 4.79 Å². The summed E-state index contributed by atoms with van der Waals surface area (Å²) in [6.07, 6.45) is 5.15. The summed E-state index contributed by atoms with van der Waals surface area (Å²) in [6, 6.07) is 3.72. The number of aromatic nitrogens is 1. The highest BCUT2D eigenvalue weighted by Crippen LogP contribution is 2.32. The Morgan fingerprint density at radius 1 is 1.56 bits per heavy atom. The van der Waals surface area contributed by atoms with Gasteiger partial charge in [0, 0.05) is 18.2 Å². The molecule has 1 aromatic rings. The number of hydrogen-bond acceptors (Lipinski definition) is 3. The molecule has 0 aliphatic heterocycles. The molecule has 1 fully saturated rings. The normalized spacial score (nSPS) is 17.6. The van der Waals surface area contributed by atoms with E-state index in [1.807, 2.05) is 13.0 Å². The van der Waals surface area contributed by atoms with Crippen LogP contribution in [0.3, 0.4) is 0 Å². The second-order valence-corrected chi connectivity index (χ2v) is 4.66. The van der Waals surface area contributed by atoms with Crippen molar-refractivity contribution in [2.24, 2.45) is 5.73 Å². The molecule has 0 atom stereocenters. The van der Waals surface area contributed by atoms with Crippen molar-refractivity contribution in [3.8, 4) is 0 Å². The minimum atomic E-state index is -0.269. The Kier molecular flexibility index (Phi) is 2.92. The molecule has 4 heteroatoms. The molecule has 1 amide bonds. The maximum Gasteiger partial charge on any atom is 0.227 e. The Morgan fingerprint density at radius 3 is 2.81 bits per heavy atom. The lowest BCUT2D eigenvalue weighted by Crippen LogP contribution is -2.48. The number of rotatable bonds is 3. The molecule has 0 saturated heterocycles. The Balaban J connectivity index is 1.89. The molecule has 0 aromatic carbocycles. The third kappa shape index (κ3) is 2.58. The number of nitrogens with two attached hydrogens (primary N) is 1. The van der Waals surface area contributed by atoms with Crippen LogP contribution in [0.1, 0.15) is 31.2 Å². The average Bonchev–Trinajstić information content (AvgIpc) is 2.19. The van der Waals surface area contributed by atoms with Crippen molar-refractivity contribution in [1.82, 2.24) is 4.98 Å². The molecule has 1 aliphatic rings. The first-order valence-electron chi connectivity index (χ1n) is 5.59. The first-order chi connectivity index (χ1) is 7.57. The van der Waals surface area contributed by atoms with Crippen LogP contribution < -0.4 is 11.1 Å². The van der Waals surface area contributed by atoms with Crippen LogP contribution in [0.5, 0.6) is 0 Å². The first kappa shape index (κ1) is 11.1. The van der Waals surface area contributed by atoms with Crippen LogP contribution in [-0.4, -0.2) is 16.4 Å². The zero-order valence-corrected chi connectivity index (χ0v) is 9.49. The van der Waals surface area contributed by atoms with E-state index in [0.29, 0.717) is 12.2 Å². The molecule has 1 aliphatic carbocycles. The third-order valence-corrected chi connectivity index (χ3v) is 3.04. The lowest BCUT2D eigenvalue weighted by molar-refractivity contribution is -0.118. The Morgan fingerprint density at radius 2 is 2.31 bits per heavy atom. The molecule has 1 saturated carbocycles. The Hall–Kier alpha value is -1.42. The van der Waals surface area contributed by atoms with Gasteiger partial charge in [0.1, 0.15) is 5.82 Å². The van der Waals surface area contributed by atoms with Crippen LogP contribution in [0, 0.1) is 6.92 Å². The average molecular weight is 219 g/mol. The highest BCUT2D eigenvalue weighted by molar-refractivity contribution is 5.90. The van der Waals surface area contributed by atoms with Crippen LogP contribution >= 0.6 is 0 Å². The summed E-state index contributed by atoms with van der Waals surface area (Å²) in [6.45, 7) is 1.96. The summed E-state index contributed by atoms with van der Waals surface area (Å²) in [4.78, 5) is 15.8. The van der Waals surface area contributed by atoms with E-state index in [4.69, 9.17) is 5.73 Å². The van der Waals surface area contributed by atoms with Crippen LogP contribution in [0.25, 0.3) is 0 Å². The van der Waals surface area contributed by atoms with Gasteiger partial charge in [0.25, 0.3) is 0 Å². The molecule has 86 valence electrons. The highest BCUT2D eigenvalue weighted by atomic mass is 16.1. The zero-order valence-electron chi connectivity index (χ0n) is 9.49. The van der Waals surface area contributed by atoms with Gasteiger partial charge < -0.3 is 11.1 Å². The predicted octanol–water partition coefficient (Wildman–Crippen LogP) is 1.60. The molecular formula is C12H17N3O. The fraction of sp³-hybridized carbons (Fsp3) is 0.500. The van der Waals surface area contributed by atoms with Crippen LogP contribution in [0.2, 0.25) is 0 Å². The van der Waals surface area contributed by atoms with Gasteiger partial charge >= 0.3 is 0 Å². The minimum Gasteiger partial charge on any atom is -0.325 e. The van der Waals surface area contributed by atoms with Crippen molar-refractivity contribution in [2.45, 2.75) is 38.1 Å². The number of anilines is 1. The van der Waals surface area contributed by atoms with Gasteiger partial charge in [-0.3, -0.25) is 4.79 Å². The lowest BCUT2D eigenvalue weighted by atomic mass is 9.75. The van der Waals surface area contributed by atoms with Crippen LogP contribution in [0.15, 0.2) is 18.3 Å². The van der Waals surface area contributed by atoms with E-state index in [-0.39, 0.29) is 11.4 Å². The molecule has 0 unspecified atom stereocenters. The third-order valence-electron chi connectivity index (χ3n) is 3.04. The summed E-state index contributed by atoms with van der Waals surface area (Å²) in [7, 11) is 0. The van der Waals surface area contributed by atoms with Gasteiger partial charge in [0.2, 0.25) is 5.91 Å². The lowest BCUT2D eigenvalue weighted by Gasteiger charge is -2.37. The van der Waals surface area contributed by atoms with Crippen molar-refractivity contribution in [3.05, 3.63) is 23.9 Å². The van der Waals surface area contributed by atoms with Gasteiger partial charge in [-0.25, -0.2) is 4.98 Å². The number of hydrogen-bond donors (Lipinski definition) is 2. The molecule has 16 heavy (non-hydrogen) atoms. The van der Waals surface area contributed by atoms with E-state index < -0.39 is 0 Å². The number of pyridine rings is 1. The van der Waals surface area contributed by atoms with E-state index >= 15 is 0 Å². The number of nitrogens with one attached hydrogen (secondary N) is 1. The van der Waals surface area contributed by atoms with Crippen molar-refractivity contribution in [3.63, 3.8) is 0 Å². The second-order valence-electron chi connectivity index (χ2n) is 4.66. The van der Waals surface area contributed by atoms with E-state index in [2.05, 4.69) is 10.3 Å². The van der Waals surface area contributed by atoms with Gasteiger partial charge in [-0.15, -0.1) is 0 Å². The molecule has 0 spiro atoms. The Labute approximate surface area is 95.3 Å². The summed E-state index contributed by atoms with van der Waals surface area (Å²) in [5.41, 5.74) is 6.81. The van der Waals surface area contributed by atoms with E-state index in [1.165, 1.54) is 0 Å². The van der Waals surface area contributed by atoms with Crippen molar-refractivity contribution in [1.29, 1.82) is 0 Å². The number of amides is 1. The van der Waals surface area contributed by atoms with Gasteiger partial charge in [-0.1, -0.05) is 6.07 Å². The monoisotopic (exact) mass is 219 g/mol. The molecule has 1 aromatic heterocycles. The predicted molar refractivity (Wildman–Crippen MR) is 63.0 cm³/mol. The summed E-state index contributed by atoms with van der Waals surface area (Å²) in [5, 5.41) is 2.76. The summed E-state index contributed by atoms with van der Waals surface area (Å²) >= 11 is 0. The van der Waals surface area contributed by atoms with Gasteiger partial charge in [0.05, 0.1) is 0 Å². The maximum atomic E-state index is 11.7. The fourth-order valence-electron chi connectivity index (χ4n) is 1.86. The quantitative estimate of drug-likeness (QED) is 0.811. The molecule has 2 rings (SSSR count). The summed E-state index contributed by atoms with van der Waals surface area (Å²) < 4.78 is 0. The van der Waals surface area contributed by atoms with Crippen LogP contribution in [0.4, 0.5) is 5.82 Å². The largest absolute Gasteiger partial charge is 0.325 e. The number of carbonyl (C=O) groups is 1. The first-order valence-corrected chi connectivity index (χ1v) is 5.59. The molecule has 0 radical (unpaired) electrons. The highest BCUT2D eigenvalue weighted by Gasteiger charge is 2.34. The van der Waals surface area contributed by atoms with Crippen molar-refractivity contribution in [2.75, 3.05) is 5.32 Å². The topological polar surface area (TPSA) is 68.0 Å². The van der Waals surface area contributed by atoms with Gasteiger partial charge in [-0.2, -0.15) is 0 Å². The van der Waals surface area contributed by atoms with Gasteiger partial charge in [-0.05, 0) is 37.8 Å². The number of nitrogens with zero attached hydrogens (tertiary/aromatic N) is 1. The molecule has 1 heterocycles. The fourth-order valence-corrected chi connectivity index (χ4v) is 1.86. The second kappa shape index (κ2) is 4.22. The van der Waals surface area contributed by atoms with E-state index in [9.17, 15) is 4.79 Å². The SMILES string of the molecule is Cc1ccc(NC(=O)CC2(N)CCC2)nc1. The number of aryl methyl sites for hydroxylation is 1.